The van der Waals surface area contributed by atoms with E-state index in [0.29, 0.717) is 0 Å². The Hall–Kier alpha value is -2.04. The number of rotatable bonds is 3. The smallest absolute Gasteiger partial charge is 0.149 e. The maximum absolute atomic E-state index is 13.5. The highest BCUT2D eigenvalue weighted by Crippen LogP contribution is 2.26. The predicted octanol–water partition coefficient (Wildman–Crippen LogP) is 4.42. The second kappa shape index (κ2) is 5.30. The summed E-state index contributed by atoms with van der Waals surface area (Å²) in [7, 11) is 0. The standard InChI is InChI=1S/C14H11F4N/c1-8(10-7-9(15)5-6-11(10)16)19-14-12(17)3-2-4-13(14)18/h2-8,19H,1H3. The van der Waals surface area contributed by atoms with Gasteiger partial charge in [-0.15, -0.1) is 0 Å². The maximum atomic E-state index is 13.5. The molecule has 1 N–H and O–H groups in total. The van der Waals surface area contributed by atoms with Gasteiger partial charge in [0, 0.05) is 5.56 Å². The van der Waals surface area contributed by atoms with Gasteiger partial charge in [-0.1, -0.05) is 6.07 Å². The zero-order valence-electron chi connectivity index (χ0n) is 10.1. The lowest BCUT2D eigenvalue weighted by atomic mass is 10.1. The van der Waals surface area contributed by atoms with Crippen LogP contribution in [-0.2, 0) is 0 Å². The first-order valence-electron chi connectivity index (χ1n) is 5.64. The maximum Gasteiger partial charge on any atom is 0.149 e. The average molecular weight is 269 g/mol. The van der Waals surface area contributed by atoms with Gasteiger partial charge in [0.05, 0.1) is 6.04 Å². The summed E-state index contributed by atoms with van der Waals surface area (Å²) in [6.45, 7) is 1.49. The molecule has 5 heteroatoms. The molecule has 0 aliphatic heterocycles. The van der Waals surface area contributed by atoms with Crippen LogP contribution in [0.3, 0.4) is 0 Å². The van der Waals surface area contributed by atoms with E-state index < -0.39 is 29.3 Å². The lowest BCUT2D eigenvalue weighted by Gasteiger charge is -2.17. The van der Waals surface area contributed by atoms with Crippen molar-refractivity contribution in [3.05, 3.63) is 65.2 Å². The van der Waals surface area contributed by atoms with E-state index in [1.54, 1.807) is 0 Å². The van der Waals surface area contributed by atoms with Crippen molar-refractivity contribution in [1.29, 1.82) is 0 Å². The van der Waals surface area contributed by atoms with Gasteiger partial charge >= 0.3 is 0 Å². The summed E-state index contributed by atoms with van der Waals surface area (Å²) in [5, 5.41) is 2.51. The Morgan fingerprint density at radius 3 is 2.16 bits per heavy atom. The molecular weight excluding hydrogens is 258 g/mol. The van der Waals surface area contributed by atoms with E-state index in [1.807, 2.05) is 0 Å². The minimum absolute atomic E-state index is 0.00246. The number of benzene rings is 2. The number of nitrogens with one attached hydrogen (secondary N) is 1. The quantitative estimate of drug-likeness (QED) is 0.813. The Morgan fingerprint density at radius 2 is 1.53 bits per heavy atom. The van der Waals surface area contributed by atoms with Crippen LogP contribution in [0.1, 0.15) is 18.5 Å². The Labute approximate surface area is 107 Å². The highest BCUT2D eigenvalue weighted by Gasteiger charge is 2.16. The first-order valence-corrected chi connectivity index (χ1v) is 5.64. The van der Waals surface area contributed by atoms with E-state index in [1.165, 1.54) is 13.0 Å². The van der Waals surface area contributed by atoms with Gasteiger partial charge in [-0.25, -0.2) is 17.6 Å². The van der Waals surface area contributed by atoms with Gasteiger partial charge in [0.1, 0.15) is 29.0 Å². The van der Waals surface area contributed by atoms with Gasteiger partial charge < -0.3 is 5.32 Å². The normalized spacial score (nSPS) is 12.3. The third kappa shape index (κ3) is 2.86. The number of anilines is 1. The van der Waals surface area contributed by atoms with E-state index in [-0.39, 0.29) is 11.3 Å². The fourth-order valence-corrected chi connectivity index (χ4v) is 1.78. The second-order valence-electron chi connectivity index (χ2n) is 4.13. The van der Waals surface area contributed by atoms with E-state index in [2.05, 4.69) is 5.32 Å². The second-order valence-corrected chi connectivity index (χ2v) is 4.13. The van der Waals surface area contributed by atoms with Gasteiger partial charge in [0.15, 0.2) is 0 Å². The minimum atomic E-state index is -0.788. The monoisotopic (exact) mass is 269 g/mol. The highest BCUT2D eigenvalue weighted by molar-refractivity contribution is 5.48. The lowest BCUT2D eigenvalue weighted by Crippen LogP contribution is -2.11. The molecule has 2 rings (SSSR count). The van der Waals surface area contributed by atoms with Crippen LogP contribution in [-0.4, -0.2) is 0 Å². The van der Waals surface area contributed by atoms with Crippen molar-refractivity contribution in [2.24, 2.45) is 0 Å². The Morgan fingerprint density at radius 1 is 0.895 bits per heavy atom. The third-order valence-electron chi connectivity index (χ3n) is 2.75. The lowest BCUT2D eigenvalue weighted by molar-refractivity contribution is 0.567. The molecule has 0 amide bonds. The molecule has 100 valence electrons. The van der Waals surface area contributed by atoms with Gasteiger partial charge in [-0.05, 0) is 37.3 Å². The first-order chi connectivity index (χ1) is 8.99. The molecule has 0 fully saturated rings. The zero-order valence-corrected chi connectivity index (χ0v) is 10.1. The van der Waals surface area contributed by atoms with Gasteiger partial charge in [-0.2, -0.15) is 0 Å². The topological polar surface area (TPSA) is 12.0 Å². The van der Waals surface area contributed by atoms with Crippen LogP contribution in [0.4, 0.5) is 23.2 Å². The van der Waals surface area contributed by atoms with E-state index in [9.17, 15) is 17.6 Å². The predicted molar refractivity (Wildman–Crippen MR) is 64.8 cm³/mol. The molecule has 0 saturated carbocycles. The molecular formula is C14H11F4N. The summed E-state index contributed by atoms with van der Waals surface area (Å²) in [6, 6.07) is 5.56. The number of para-hydroxylation sites is 1. The fourth-order valence-electron chi connectivity index (χ4n) is 1.78. The SMILES string of the molecule is CC(Nc1c(F)cccc1F)c1cc(F)ccc1F. The van der Waals surface area contributed by atoms with E-state index in [0.717, 1.165) is 30.3 Å². The first kappa shape index (κ1) is 13.4. The van der Waals surface area contributed by atoms with Crippen molar-refractivity contribution < 1.29 is 17.6 Å². The minimum Gasteiger partial charge on any atom is -0.374 e. The number of hydrogen-bond donors (Lipinski definition) is 1. The number of hydrogen-bond acceptors (Lipinski definition) is 1. The Kier molecular flexibility index (Phi) is 3.74. The van der Waals surface area contributed by atoms with Crippen LogP contribution in [0.5, 0.6) is 0 Å². The van der Waals surface area contributed by atoms with Crippen molar-refractivity contribution >= 4 is 5.69 Å². The molecule has 2 aromatic rings. The summed E-state index contributed by atoms with van der Waals surface area (Å²) in [4.78, 5) is 0. The molecule has 0 bridgehead atoms. The third-order valence-corrected chi connectivity index (χ3v) is 2.75. The van der Waals surface area contributed by atoms with Crippen LogP contribution in [0.15, 0.2) is 36.4 Å². The van der Waals surface area contributed by atoms with Crippen LogP contribution < -0.4 is 5.32 Å². The van der Waals surface area contributed by atoms with Crippen LogP contribution >= 0.6 is 0 Å². The van der Waals surface area contributed by atoms with Crippen molar-refractivity contribution in [3.8, 4) is 0 Å². The zero-order chi connectivity index (χ0) is 14.0. The molecule has 19 heavy (non-hydrogen) atoms. The van der Waals surface area contributed by atoms with Gasteiger partial charge in [0.2, 0.25) is 0 Å². The molecule has 1 atom stereocenters. The molecule has 0 saturated heterocycles. The summed E-state index contributed by atoms with van der Waals surface area (Å²) in [5.74, 6) is -2.83. The summed E-state index contributed by atoms with van der Waals surface area (Å²) in [6.07, 6.45) is 0. The Balaban J connectivity index is 2.31. The summed E-state index contributed by atoms with van der Waals surface area (Å²) >= 11 is 0. The Bertz CT molecular complexity index is 578. The fraction of sp³-hybridized carbons (Fsp3) is 0.143. The van der Waals surface area contributed by atoms with Gasteiger partial charge in [0.25, 0.3) is 0 Å². The van der Waals surface area contributed by atoms with Crippen LogP contribution in [0.2, 0.25) is 0 Å². The molecule has 0 aliphatic carbocycles. The molecule has 2 aromatic carbocycles. The van der Waals surface area contributed by atoms with Crippen LogP contribution in [0, 0.1) is 23.3 Å². The molecule has 0 radical (unpaired) electrons. The molecule has 0 spiro atoms. The van der Waals surface area contributed by atoms with Crippen molar-refractivity contribution in [1.82, 2.24) is 0 Å². The molecule has 0 aromatic heterocycles. The largest absolute Gasteiger partial charge is 0.374 e. The summed E-state index contributed by atoms with van der Waals surface area (Å²) in [5.41, 5.74) is -0.360. The van der Waals surface area contributed by atoms with Gasteiger partial charge in [-0.3, -0.25) is 0 Å². The van der Waals surface area contributed by atoms with Crippen molar-refractivity contribution in [2.45, 2.75) is 13.0 Å². The van der Waals surface area contributed by atoms with Crippen molar-refractivity contribution in [3.63, 3.8) is 0 Å². The molecule has 0 aliphatic rings. The van der Waals surface area contributed by atoms with E-state index >= 15 is 0 Å². The molecule has 1 unspecified atom stereocenters. The highest BCUT2D eigenvalue weighted by atomic mass is 19.1. The summed E-state index contributed by atoms with van der Waals surface area (Å²) < 4.78 is 53.5. The average Bonchev–Trinajstić information content (AvgIpc) is 2.37. The molecule has 0 heterocycles. The van der Waals surface area contributed by atoms with Crippen molar-refractivity contribution in [2.75, 3.05) is 5.32 Å². The number of halogens is 4. The van der Waals surface area contributed by atoms with Crippen LogP contribution in [0.25, 0.3) is 0 Å². The molecule has 1 nitrogen and oxygen atoms in total. The van der Waals surface area contributed by atoms with E-state index in [4.69, 9.17) is 0 Å².